The van der Waals surface area contributed by atoms with E-state index in [0.717, 1.165) is 32.1 Å². The van der Waals surface area contributed by atoms with Crippen molar-refractivity contribution in [3.63, 3.8) is 0 Å². The van der Waals surface area contributed by atoms with Crippen molar-refractivity contribution < 1.29 is 20.1 Å². The van der Waals surface area contributed by atoms with Crippen molar-refractivity contribution >= 4 is 5.91 Å². The molecule has 4 N–H and O–H groups in total. The molecule has 49 heavy (non-hydrogen) atoms. The Kier molecular flexibility index (Phi) is 39.1. The summed E-state index contributed by atoms with van der Waals surface area (Å²) in [5.74, 6) is -0.286. The molecule has 0 fully saturated rings. The zero-order valence-electron chi connectivity index (χ0n) is 33.1. The minimum atomic E-state index is -0.747. The maximum absolute atomic E-state index is 12.4. The number of nitrogens with one attached hydrogen (secondary N) is 1. The highest BCUT2D eigenvalue weighted by molar-refractivity contribution is 5.76. The van der Waals surface area contributed by atoms with Crippen molar-refractivity contribution in [2.75, 3.05) is 6.61 Å². The van der Waals surface area contributed by atoms with Gasteiger partial charge in [-0.15, -0.1) is 0 Å². The first-order valence-electron chi connectivity index (χ1n) is 22.0. The summed E-state index contributed by atoms with van der Waals surface area (Å²) in [5.41, 5.74) is 0. The molecule has 3 atom stereocenters. The van der Waals surface area contributed by atoms with E-state index >= 15 is 0 Å². The average molecular weight is 694 g/mol. The van der Waals surface area contributed by atoms with Gasteiger partial charge < -0.3 is 20.6 Å². The van der Waals surface area contributed by atoms with E-state index in [1.165, 1.54) is 173 Å². The maximum Gasteiger partial charge on any atom is 0.222 e. The van der Waals surface area contributed by atoms with E-state index in [1.54, 1.807) is 0 Å². The molecule has 0 bridgehead atoms. The van der Waals surface area contributed by atoms with Crippen LogP contribution in [0.5, 0.6) is 0 Å². The van der Waals surface area contributed by atoms with Crippen LogP contribution in [0.3, 0.4) is 0 Å². The summed E-state index contributed by atoms with van der Waals surface area (Å²) in [7, 11) is 0. The number of aliphatic hydroxyl groups is 3. The molecule has 0 heterocycles. The predicted molar refractivity (Wildman–Crippen MR) is 213 cm³/mol. The number of hydrogen-bond acceptors (Lipinski definition) is 4. The number of aliphatic hydroxyl groups excluding tert-OH is 3. The van der Waals surface area contributed by atoms with Crippen molar-refractivity contribution in [1.29, 1.82) is 0 Å². The fraction of sp³-hybridized carbons (Fsp3) is 0.932. The van der Waals surface area contributed by atoms with Gasteiger partial charge >= 0.3 is 0 Å². The minimum absolute atomic E-state index is 0.0337. The van der Waals surface area contributed by atoms with Crippen molar-refractivity contribution in [1.82, 2.24) is 5.32 Å². The molecule has 5 nitrogen and oxygen atoms in total. The number of allylic oxidation sites excluding steroid dienone is 2. The van der Waals surface area contributed by atoms with Crippen LogP contribution in [-0.4, -0.2) is 46.1 Å². The number of rotatable bonds is 40. The molecular weight excluding hydrogens is 606 g/mol. The molecule has 0 aliphatic heterocycles. The summed E-state index contributed by atoms with van der Waals surface area (Å²) < 4.78 is 0. The van der Waals surface area contributed by atoms with Gasteiger partial charge in [-0.05, 0) is 38.5 Å². The van der Waals surface area contributed by atoms with Crippen molar-refractivity contribution in [3.05, 3.63) is 12.2 Å². The molecule has 0 aliphatic carbocycles. The van der Waals surface area contributed by atoms with Crippen molar-refractivity contribution in [2.45, 2.75) is 257 Å². The van der Waals surface area contributed by atoms with Gasteiger partial charge in [-0.25, -0.2) is 0 Å². The van der Waals surface area contributed by atoms with E-state index in [2.05, 4.69) is 31.3 Å². The topological polar surface area (TPSA) is 89.8 Å². The molecule has 1 amide bonds. The van der Waals surface area contributed by atoms with Crippen molar-refractivity contribution in [3.8, 4) is 0 Å². The van der Waals surface area contributed by atoms with Gasteiger partial charge in [0.05, 0.1) is 31.3 Å². The summed E-state index contributed by atoms with van der Waals surface area (Å²) in [5, 5.41) is 33.3. The van der Waals surface area contributed by atoms with Gasteiger partial charge in [-0.3, -0.25) is 4.79 Å². The Morgan fingerprint density at radius 2 is 0.816 bits per heavy atom. The van der Waals surface area contributed by atoms with E-state index in [-0.39, 0.29) is 18.9 Å². The molecule has 5 heteroatoms. The molecule has 0 rings (SSSR count). The summed E-state index contributed by atoms with van der Waals surface area (Å²) >= 11 is 0. The van der Waals surface area contributed by atoms with Gasteiger partial charge in [0.25, 0.3) is 0 Å². The Morgan fingerprint density at radius 1 is 0.490 bits per heavy atom. The molecule has 0 saturated heterocycles. The van der Waals surface area contributed by atoms with Gasteiger partial charge in [0, 0.05) is 0 Å². The predicted octanol–water partition coefficient (Wildman–Crippen LogP) is 12.4. The normalized spacial score (nSPS) is 13.7. The molecule has 0 radical (unpaired) electrons. The number of amides is 1. The Hall–Kier alpha value is -0.910. The lowest BCUT2D eigenvalue weighted by Gasteiger charge is -2.23. The molecule has 0 aromatic rings. The largest absolute Gasteiger partial charge is 0.394 e. The quantitative estimate of drug-likeness (QED) is 0.0380. The smallest absolute Gasteiger partial charge is 0.222 e. The Morgan fingerprint density at radius 3 is 1.18 bits per heavy atom. The molecule has 3 unspecified atom stereocenters. The summed E-state index contributed by atoms with van der Waals surface area (Å²) in [6, 6.07) is -0.657. The van der Waals surface area contributed by atoms with Crippen LogP contribution in [0, 0.1) is 0 Å². The second-order valence-electron chi connectivity index (χ2n) is 15.3. The SMILES string of the molecule is CCCCCCCCCCCCCC/C=C\CCCCCCCC(O)CC(=O)NC(CO)C(O)CCCCCCCCCCCCCCC. The first-order valence-corrected chi connectivity index (χ1v) is 22.0. The van der Waals surface area contributed by atoms with Crippen LogP contribution in [0.25, 0.3) is 0 Å². The van der Waals surface area contributed by atoms with Gasteiger partial charge in [-0.2, -0.15) is 0 Å². The zero-order valence-corrected chi connectivity index (χ0v) is 33.1. The van der Waals surface area contributed by atoms with Crippen LogP contribution in [-0.2, 0) is 4.79 Å². The highest BCUT2D eigenvalue weighted by atomic mass is 16.3. The van der Waals surface area contributed by atoms with E-state index in [9.17, 15) is 20.1 Å². The third-order valence-corrected chi connectivity index (χ3v) is 10.3. The summed E-state index contributed by atoms with van der Waals surface area (Å²) in [4.78, 5) is 12.4. The number of carbonyl (C=O) groups is 1. The van der Waals surface area contributed by atoms with E-state index in [1.807, 2.05) is 0 Å². The highest BCUT2D eigenvalue weighted by Crippen LogP contribution is 2.16. The summed E-state index contributed by atoms with van der Waals surface area (Å²) in [6.45, 7) is 4.27. The Balaban J connectivity index is 3.60. The average Bonchev–Trinajstić information content (AvgIpc) is 3.09. The van der Waals surface area contributed by atoms with Gasteiger partial charge in [-0.1, -0.05) is 206 Å². The minimum Gasteiger partial charge on any atom is -0.394 e. The zero-order chi connectivity index (χ0) is 35.9. The lowest BCUT2D eigenvalue weighted by Crippen LogP contribution is -2.46. The molecule has 0 aromatic carbocycles. The lowest BCUT2D eigenvalue weighted by atomic mass is 10.0. The van der Waals surface area contributed by atoms with Crippen LogP contribution in [0.1, 0.15) is 239 Å². The molecule has 0 spiro atoms. The van der Waals surface area contributed by atoms with Gasteiger partial charge in [0.15, 0.2) is 0 Å². The molecule has 0 aliphatic rings. The number of carbonyl (C=O) groups excluding carboxylic acids is 1. The van der Waals surface area contributed by atoms with E-state index in [4.69, 9.17) is 0 Å². The standard InChI is InChI=1S/C44H87NO4/c1-3-5-7-9-11-13-15-17-18-19-20-21-22-23-24-26-27-29-31-33-35-37-41(47)39-44(49)45-42(40-46)43(48)38-36-34-32-30-28-25-16-14-12-10-8-6-4-2/h23-24,41-43,46-48H,3-22,25-40H2,1-2H3,(H,45,49)/b24-23-. The van der Waals surface area contributed by atoms with Crippen LogP contribution >= 0.6 is 0 Å². The first-order chi connectivity index (χ1) is 24.0. The fourth-order valence-corrected chi connectivity index (χ4v) is 6.93. The maximum atomic E-state index is 12.4. The molecule has 0 aromatic heterocycles. The van der Waals surface area contributed by atoms with Gasteiger partial charge in [0.1, 0.15) is 0 Å². The third kappa shape index (κ3) is 36.7. The number of unbranched alkanes of at least 4 members (excludes halogenated alkanes) is 29. The monoisotopic (exact) mass is 694 g/mol. The first kappa shape index (κ1) is 48.1. The van der Waals surface area contributed by atoms with E-state index < -0.39 is 18.2 Å². The fourth-order valence-electron chi connectivity index (χ4n) is 6.93. The Labute approximate surface area is 306 Å². The highest BCUT2D eigenvalue weighted by Gasteiger charge is 2.21. The Bertz CT molecular complexity index is 684. The second-order valence-corrected chi connectivity index (χ2v) is 15.3. The van der Waals surface area contributed by atoms with Crippen molar-refractivity contribution in [2.24, 2.45) is 0 Å². The number of hydrogen-bond donors (Lipinski definition) is 4. The van der Waals surface area contributed by atoms with Gasteiger partial charge in [0.2, 0.25) is 5.91 Å². The third-order valence-electron chi connectivity index (χ3n) is 10.3. The van der Waals surface area contributed by atoms with Crippen LogP contribution in [0.2, 0.25) is 0 Å². The van der Waals surface area contributed by atoms with Crippen LogP contribution < -0.4 is 5.32 Å². The second kappa shape index (κ2) is 39.9. The molecule has 0 saturated carbocycles. The molecular formula is C44H87NO4. The van der Waals surface area contributed by atoms with Crippen LogP contribution in [0.15, 0.2) is 12.2 Å². The molecule has 292 valence electrons. The summed E-state index contributed by atoms with van der Waals surface area (Å²) in [6.07, 6.45) is 46.1. The van der Waals surface area contributed by atoms with E-state index in [0.29, 0.717) is 12.8 Å². The lowest BCUT2D eigenvalue weighted by molar-refractivity contribution is -0.125. The van der Waals surface area contributed by atoms with Crippen LogP contribution in [0.4, 0.5) is 0 Å².